The van der Waals surface area contributed by atoms with Crippen molar-refractivity contribution in [2.24, 2.45) is 0 Å². The number of benzene rings is 2. The van der Waals surface area contributed by atoms with Gasteiger partial charge < -0.3 is 9.47 Å². The molecule has 2 nitrogen and oxygen atoms in total. The zero-order valence-electron chi connectivity index (χ0n) is 25.9. The van der Waals surface area contributed by atoms with E-state index in [-0.39, 0.29) is 6.10 Å². The van der Waals surface area contributed by atoms with Gasteiger partial charge in [0, 0.05) is 6.61 Å². The summed E-state index contributed by atoms with van der Waals surface area (Å²) in [6, 6.07) is 17.4. The first-order valence-corrected chi connectivity index (χ1v) is 16.7. The molecule has 2 aromatic rings. The summed E-state index contributed by atoms with van der Waals surface area (Å²) in [6.45, 7) is 8.41. The monoisotopic (exact) mass is 536 g/mol. The lowest BCUT2D eigenvalue weighted by Crippen LogP contribution is -2.01. The summed E-state index contributed by atoms with van der Waals surface area (Å²) in [6.07, 6.45) is 25.9. The Balaban J connectivity index is 1.54. The average molecular weight is 537 g/mol. The standard InChI is InChI=1S/C37H60O2/c1-4-6-8-10-12-13-14-15-16-18-19-21-31-38-33(3)34-23-25-35(26-24-34)36-27-29-37(30-28-36)39-32-22-20-17-11-9-7-5-2/h23-30,33H,4-22,31-32H2,1-3H3. The fourth-order valence-electron chi connectivity index (χ4n) is 5.24. The van der Waals surface area contributed by atoms with Crippen molar-refractivity contribution in [1.82, 2.24) is 0 Å². The van der Waals surface area contributed by atoms with Crippen LogP contribution in [0.4, 0.5) is 0 Å². The van der Waals surface area contributed by atoms with Crippen LogP contribution in [0.25, 0.3) is 11.1 Å². The highest BCUT2D eigenvalue weighted by molar-refractivity contribution is 5.64. The predicted molar refractivity (Wildman–Crippen MR) is 171 cm³/mol. The third kappa shape index (κ3) is 16.2. The number of ether oxygens (including phenoxy) is 2. The van der Waals surface area contributed by atoms with Crippen LogP contribution >= 0.6 is 0 Å². The Morgan fingerprint density at radius 1 is 0.462 bits per heavy atom. The zero-order chi connectivity index (χ0) is 27.8. The molecular formula is C37H60O2. The molecule has 0 aliphatic rings. The Labute approximate surface area is 242 Å². The third-order valence-corrected chi connectivity index (χ3v) is 7.95. The first-order valence-electron chi connectivity index (χ1n) is 16.7. The second-order valence-corrected chi connectivity index (χ2v) is 11.5. The van der Waals surface area contributed by atoms with Crippen LogP contribution in [0.5, 0.6) is 5.75 Å². The molecule has 0 N–H and O–H groups in total. The minimum absolute atomic E-state index is 0.147. The van der Waals surface area contributed by atoms with Gasteiger partial charge in [-0.2, -0.15) is 0 Å². The van der Waals surface area contributed by atoms with E-state index in [2.05, 4.69) is 69.3 Å². The van der Waals surface area contributed by atoms with E-state index < -0.39 is 0 Å². The average Bonchev–Trinajstić information content (AvgIpc) is 2.97. The van der Waals surface area contributed by atoms with Gasteiger partial charge in [-0.25, -0.2) is 0 Å². The molecule has 220 valence electrons. The molecule has 2 heteroatoms. The van der Waals surface area contributed by atoms with Crippen molar-refractivity contribution in [2.75, 3.05) is 13.2 Å². The van der Waals surface area contributed by atoms with E-state index in [0.29, 0.717) is 0 Å². The smallest absolute Gasteiger partial charge is 0.119 e. The van der Waals surface area contributed by atoms with Crippen LogP contribution in [0.1, 0.15) is 154 Å². The van der Waals surface area contributed by atoms with E-state index >= 15 is 0 Å². The van der Waals surface area contributed by atoms with Gasteiger partial charge in [-0.15, -0.1) is 0 Å². The van der Waals surface area contributed by atoms with E-state index in [1.807, 2.05) is 0 Å². The number of rotatable bonds is 25. The Morgan fingerprint density at radius 3 is 1.31 bits per heavy atom. The molecule has 39 heavy (non-hydrogen) atoms. The highest BCUT2D eigenvalue weighted by atomic mass is 16.5. The maximum Gasteiger partial charge on any atom is 0.119 e. The molecule has 0 heterocycles. The molecule has 2 aromatic carbocycles. The molecule has 0 amide bonds. The van der Waals surface area contributed by atoms with E-state index in [1.165, 1.54) is 132 Å². The van der Waals surface area contributed by atoms with E-state index in [0.717, 1.165) is 25.4 Å². The van der Waals surface area contributed by atoms with Crippen LogP contribution in [0.3, 0.4) is 0 Å². The molecule has 2 rings (SSSR count). The Kier molecular flexibility index (Phi) is 19.7. The summed E-state index contributed by atoms with van der Waals surface area (Å²) >= 11 is 0. The first kappa shape index (κ1) is 33.4. The van der Waals surface area contributed by atoms with Crippen molar-refractivity contribution in [2.45, 2.75) is 149 Å². The maximum atomic E-state index is 6.14. The topological polar surface area (TPSA) is 18.5 Å². The van der Waals surface area contributed by atoms with Crippen molar-refractivity contribution < 1.29 is 9.47 Å². The fraction of sp³-hybridized carbons (Fsp3) is 0.676. The predicted octanol–water partition coefficient (Wildman–Crippen LogP) is 12.3. The van der Waals surface area contributed by atoms with Crippen LogP contribution in [0, 0.1) is 0 Å². The normalized spacial score (nSPS) is 12.1. The maximum absolute atomic E-state index is 6.14. The van der Waals surface area contributed by atoms with E-state index in [4.69, 9.17) is 9.47 Å². The lowest BCUT2D eigenvalue weighted by Gasteiger charge is -2.14. The summed E-state index contributed by atoms with van der Waals surface area (Å²) in [5.74, 6) is 0.973. The van der Waals surface area contributed by atoms with Gasteiger partial charge in [-0.3, -0.25) is 0 Å². The quantitative estimate of drug-likeness (QED) is 0.117. The van der Waals surface area contributed by atoms with Crippen molar-refractivity contribution in [3.05, 3.63) is 54.1 Å². The van der Waals surface area contributed by atoms with Gasteiger partial charge in [0.2, 0.25) is 0 Å². The van der Waals surface area contributed by atoms with Crippen LogP contribution in [-0.4, -0.2) is 13.2 Å². The van der Waals surface area contributed by atoms with Crippen molar-refractivity contribution in [3.63, 3.8) is 0 Å². The first-order chi connectivity index (χ1) is 19.2. The van der Waals surface area contributed by atoms with Gasteiger partial charge in [0.25, 0.3) is 0 Å². The Bertz CT molecular complexity index is 795. The zero-order valence-corrected chi connectivity index (χ0v) is 25.9. The second-order valence-electron chi connectivity index (χ2n) is 11.5. The molecule has 0 aliphatic heterocycles. The highest BCUT2D eigenvalue weighted by Crippen LogP contribution is 2.26. The fourth-order valence-corrected chi connectivity index (χ4v) is 5.24. The third-order valence-electron chi connectivity index (χ3n) is 7.95. The molecule has 0 aromatic heterocycles. The van der Waals surface area contributed by atoms with Gasteiger partial charge in [-0.05, 0) is 48.6 Å². The Hall–Kier alpha value is -1.80. The van der Waals surface area contributed by atoms with Gasteiger partial charge in [0.1, 0.15) is 5.75 Å². The summed E-state index contributed by atoms with van der Waals surface area (Å²) in [5.41, 5.74) is 3.73. The SMILES string of the molecule is CCCCCCCCCCCCCCOC(C)c1ccc(-c2ccc(OCCCCCCCCC)cc2)cc1. The number of unbranched alkanes of at least 4 members (excludes halogenated alkanes) is 17. The summed E-state index contributed by atoms with van der Waals surface area (Å²) in [4.78, 5) is 0. The van der Waals surface area contributed by atoms with Gasteiger partial charge in [-0.1, -0.05) is 159 Å². The van der Waals surface area contributed by atoms with Gasteiger partial charge in [0.15, 0.2) is 0 Å². The van der Waals surface area contributed by atoms with Crippen LogP contribution in [0.15, 0.2) is 48.5 Å². The van der Waals surface area contributed by atoms with Crippen LogP contribution < -0.4 is 4.74 Å². The molecular weight excluding hydrogens is 476 g/mol. The molecule has 0 aliphatic carbocycles. The molecule has 0 fully saturated rings. The van der Waals surface area contributed by atoms with Crippen molar-refractivity contribution in [1.29, 1.82) is 0 Å². The second kappa shape index (κ2) is 23.0. The molecule has 0 spiro atoms. The van der Waals surface area contributed by atoms with Gasteiger partial charge >= 0.3 is 0 Å². The van der Waals surface area contributed by atoms with E-state index in [1.54, 1.807) is 0 Å². The lowest BCUT2D eigenvalue weighted by atomic mass is 10.0. The lowest BCUT2D eigenvalue weighted by molar-refractivity contribution is 0.0627. The molecule has 1 atom stereocenters. The molecule has 0 saturated carbocycles. The van der Waals surface area contributed by atoms with Crippen molar-refractivity contribution >= 4 is 0 Å². The van der Waals surface area contributed by atoms with Crippen LogP contribution in [0.2, 0.25) is 0 Å². The Morgan fingerprint density at radius 2 is 0.846 bits per heavy atom. The summed E-state index contributed by atoms with van der Waals surface area (Å²) < 4.78 is 12.1. The van der Waals surface area contributed by atoms with Gasteiger partial charge in [0.05, 0.1) is 12.7 Å². The summed E-state index contributed by atoms with van der Waals surface area (Å²) in [5, 5.41) is 0. The number of hydrogen-bond acceptors (Lipinski definition) is 2. The molecule has 0 saturated heterocycles. The largest absolute Gasteiger partial charge is 0.494 e. The molecule has 0 bridgehead atoms. The highest BCUT2D eigenvalue weighted by Gasteiger charge is 2.07. The van der Waals surface area contributed by atoms with E-state index in [9.17, 15) is 0 Å². The molecule has 0 radical (unpaired) electrons. The number of hydrogen-bond donors (Lipinski definition) is 0. The minimum atomic E-state index is 0.147. The van der Waals surface area contributed by atoms with Crippen molar-refractivity contribution in [3.8, 4) is 16.9 Å². The molecule has 1 unspecified atom stereocenters. The minimum Gasteiger partial charge on any atom is -0.494 e. The van der Waals surface area contributed by atoms with Crippen LogP contribution in [-0.2, 0) is 4.74 Å². The summed E-state index contributed by atoms with van der Waals surface area (Å²) in [7, 11) is 0.